The molecule has 1 unspecified atom stereocenters. The van der Waals surface area contributed by atoms with Crippen LogP contribution >= 0.6 is 0 Å². The molecule has 2 N–H and O–H groups in total. The Hall–Kier alpha value is -1.96. The second-order valence-corrected chi connectivity index (χ2v) is 5.21. The standard InChI is InChI=1S/C16H18N2/c1-11-7-12(2)9-15(8-11)18-6-5-13-3-4-14(17)10-16(13)18/h3-8,10,15H,9,17H2,1-2H3. The minimum Gasteiger partial charge on any atom is -0.399 e. The van der Waals surface area contributed by atoms with Crippen molar-refractivity contribution < 1.29 is 0 Å². The zero-order chi connectivity index (χ0) is 12.7. The summed E-state index contributed by atoms with van der Waals surface area (Å²) in [6.45, 7) is 4.36. The maximum Gasteiger partial charge on any atom is 0.0559 e. The van der Waals surface area contributed by atoms with Crippen LogP contribution in [-0.2, 0) is 0 Å². The number of hydrogen-bond acceptors (Lipinski definition) is 1. The summed E-state index contributed by atoms with van der Waals surface area (Å²) in [4.78, 5) is 0. The average molecular weight is 238 g/mol. The van der Waals surface area contributed by atoms with E-state index < -0.39 is 0 Å². The molecule has 2 aromatic rings. The van der Waals surface area contributed by atoms with Gasteiger partial charge in [-0.05, 0) is 43.9 Å². The van der Waals surface area contributed by atoms with Crippen LogP contribution in [0.2, 0.25) is 0 Å². The van der Waals surface area contributed by atoms with Crippen molar-refractivity contribution in [2.75, 3.05) is 5.73 Å². The van der Waals surface area contributed by atoms with E-state index in [0.717, 1.165) is 12.1 Å². The van der Waals surface area contributed by atoms with Gasteiger partial charge in [0.15, 0.2) is 0 Å². The summed E-state index contributed by atoms with van der Waals surface area (Å²) < 4.78 is 2.33. The molecule has 18 heavy (non-hydrogen) atoms. The van der Waals surface area contributed by atoms with Gasteiger partial charge in [-0.3, -0.25) is 0 Å². The highest BCUT2D eigenvalue weighted by molar-refractivity contribution is 5.83. The number of hydrogen-bond donors (Lipinski definition) is 1. The van der Waals surface area contributed by atoms with Crippen LogP contribution in [0.3, 0.4) is 0 Å². The van der Waals surface area contributed by atoms with Crippen molar-refractivity contribution in [1.82, 2.24) is 4.57 Å². The first-order chi connectivity index (χ1) is 8.63. The van der Waals surface area contributed by atoms with Crippen LogP contribution in [0, 0.1) is 0 Å². The fraction of sp³-hybridized carbons (Fsp3) is 0.250. The highest BCUT2D eigenvalue weighted by Gasteiger charge is 2.14. The Balaban J connectivity index is 2.10. The maximum absolute atomic E-state index is 5.90. The van der Waals surface area contributed by atoms with Gasteiger partial charge in [0, 0.05) is 11.9 Å². The predicted molar refractivity (Wildman–Crippen MR) is 77.5 cm³/mol. The number of aromatic nitrogens is 1. The SMILES string of the molecule is CC1=CC(n2ccc3ccc(N)cc32)CC(C)=C1. The van der Waals surface area contributed by atoms with Gasteiger partial charge in [-0.15, -0.1) is 0 Å². The van der Waals surface area contributed by atoms with Crippen LogP contribution in [-0.4, -0.2) is 4.57 Å². The Kier molecular flexibility index (Phi) is 2.51. The van der Waals surface area contributed by atoms with Gasteiger partial charge in [-0.25, -0.2) is 0 Å². The summed E-state index contributed by atoms with van der Waals surface area (Å²) in [6.07, 6.45) is 7.83. The van der Waals surface area contributed by atoms with Gasteiger partial charge >= 0.3 is 0 Å². The van der Waals surface area contributed by atoms with E-state index in [4.69, 9.17) is 5.73 Å². The first kappa shape index (κ1) is 11.1. The predicted octanol–water partition coefficient (Wildman–Crippen LogP) is 4.06. The Morgan fingerprint density at radius 1 is 1.22 bits per heavy atom. The topological polar surface area (TPSA) is 30.9 Å². The number of anilines is 1. The molecule has 3 rings (SSSR count). The molecule has 0 aliphatic heterocycles. The van der Waals surface area contributed by atoms with E-state index in [2.05, 4.69) is 55.0 Å². The average Bonchev–Trinajstić information content (AvgIpc) is 2.70. The molecule has 92 valence electrons. The van der Waals surface area contributed by atoms with E-state index in [9.17, 15) is 0 Å². The molecule has 2 heteroatoms. The van der Waals surface area contributed by atoms with Crippen LogP contribution in [0.25, 0.3) is 10.9 Å². The van der Waals surface area contributed by atoms with Gasteiger partial charge in [0.2, 0.25) is 0 Å². The molecule has 1 heterocycles. The molecule has 1 aliphatic rings. The van der Waals surface area contributed by atoms with Crippen molar-refractivity contribution in [3.63, 3.8) is 0 Å². The van der Waals surface area contributed by atoms with Gasteiger partial charge in [0.25, 0.3) is 0 Å². The van der Waals surface area contributed by atoms with Gasteiger partial charge in [-0.2, -0.15) is 0 Å². The largest absolute Gasteiger partial charge is 0.399 e. The number of nitrogens with two attached hydrogens (primary N) is 1. The zero-order valence-electron chi connectivity index (χ0n) is 10.9. The third-order valence-electron chi connectivity index (χ3n) is 3.57. The summed E-state index contributed by atoms with van der Waals surface area (Å²) >= 11 is 0. The highest BCUT2D eigenvalue weighted by Crippen LogP contribution is 2.30. The van der Waals surface area contributed by atoms with Crippen LogP contribution in [0.1, 0.15) is 26.3 Å². The Bertz CT molecular complexity index is 659. The summed E-state index contributed by atoms with van der Waals surface area (Å²) in [5, 5.41) is 1.25. The molecule has 0 fully saturated rings. The Labute approximate surface area is 107 Å². The molecule has 0 amide bonds. The second-order valence-electron chi connectivity index (χ2n) is 5.21. The molecule has 0 bridgehead atoms. The summed E-state index contributed by atoms with van der Waals surface area (Å²) in [7, 11) is 0. The van der Waals surface area contributed by atoms with E-state index in [1.165, 1.54) is 22.0 Å². The van der Waals surface area contributed by atoms with Gasteiger partial charge in [0.1, 0.15) is 0 Å². The van der Waals surface area contributed by atoms with Crippen molar-refractivity contribution in [1.29, 1.82) is 0 Å². The van der Waals surface area contributed by atoms with Gasteiger partial charge in [-0.1, -0.05) is 29.4 Å². The number of nitrogen functional groups attached to an aromatic ring is 1. The molecule has 0 saturated heterocycles. The third kappa shape index (κ3) is 1.84. The van der Waals surface area contributed by atoms with Crippen LogP contribution in [0.4, 0.5) is 5.69 Å². The Morgan fingerprint density at radius 2 is 2.06 bits per heavy atom. The minimum absolute atomic E-state index is 0.411. The van der Waals surface area contributed by atoms with E-state index in [0.29, 0.717) is 6.04 Å². The van der Waals surface area contributed by atoms with E-state index in [1.807, 2.05) is 6.07 Å². The fourth-order valence-electron chi connectivity index (χ4n) is 2.82. The molecule has 0 spiro atoms. The molecule has 1 atom stereocenters. The first-order valence-corrected chi connectivity index (χ1v) is 6.35. The molecule has 0 saturated carbocycles. The zero-order valence-corrected chi connectivity index (χ0v) is 10.9. The quantitative estimate of drug-likeness (QED) is 0.746. The van der Waals surface area contributed by atoms with Crippen LogP contribution in [0.5, 0.6) is 0 Å². The smallest absolute Gasteiger partial charge is 0.0559 e. The molecular formula is C16H18N2. The van der Waals surface area contributed by atoms with E-state index >= 15 is 0 Å². The maximum atomic E-state index is 5.90. The van der Waals surface area contributed by atoms with E-state index in [1.54, 1.807) is 0 Å². The van der Waals surface area contributed by atoms with Crippen LogP contribution < -0.4 is 5.73 Å². The summed E-state index contributed by atoms with van der Waals surface area (Å²) in [6, 6.07) is 8.68. The molecule has 1 aliphatic carbocycles. The number of fused-ring (bicyclic) bond motifs is 1. The molecular weight excluding hydrogens is 220 g/mol. The normalized spacial score (nSPS) is 19.8. The fourth-order valence-corrected chi connectivity index (χ4v) is 2.82. The van der Waals surface area contributed by atoms with Crippen molar-refractivity contribution in [3.8, 4) is 0 Å². The first-order valence-electron chi connectivity index (χ1n) is 6.35. The summed E-state index contributed by atoms with van der Waals surface area (Å²) in [5.74, 6) is 0. The molecule has 1 aromatic carbocycles. The second kappa shape index (κ2) is 4.05. The lowest BCUT2D eigenvalue weighted by Gasteiger charge is -2.21. The monoisotopic (exact) mass is 238 g/mol. The molecule has 1 aromatic heterocycles. The van der Waals surface area contributed by atoms with Crippen molar-refractivity contribution >= 4 is 16.6 Å². The number of benzene rings is 1. The number of nitrogens with zero attached hydrogens (tertiary/aromatic N) is 1. The lowest BCUT2D eigenvalue weighted by Crippen LogP contribution is -2.09. The van der Waals surface area contributed by atoms with E-state index in [-0.39, 0.29) is 0 Å². The van der Waals surface area contributed by atoms with Gasteiger partial charge < -0.3 is 10.3 Å². The minimum atomic E-state index is 0.411. The number of rotatable bonds is 1. The lowest BCUT2D eigenvalue weighted by atomic mass is 9.97. The third-order valence-corrected chi connectivity index (χ3v) is 3.57. The summed E-state index contributed by atoms with van der Waals surface area (Å²) in [5.41, 5.74) is 10.7. The number of allylic oxidation sites excluding steroid dienone is 4. The van der Waals surface area contributed by atoms with Crippen LogP contribution in [0.15, 0.2) is 53.8 Å². The van der Waals surface area contributed by atoms with Gasteiger partial charge in [0.05, 0.1) is 11.6 Å². The van der Waals surface area contributed by atoms with Crippen molar-refractivity contribution in [2.45, 2.75) is 26.3 Å². The molecule has 2 nitrogen and oxygen atoms in total. The van der Waals surface area contributed by atoms with Crippen molar-refractivity contribution in [3.05, 3.63) is 53.8 Å². The Morgan fingerprint density at radius 3 is 2.83 bits per heavy atom. The highest BCUT2D eigenvalue weighted by atomic mass is 15.0. The van der Waals surface area contributed by atoms with Crippen molar-refractivity contribution in [2.24, 2.45) is 0 Å². The lowest BCUT2D eigenvalue weighted by molar-refractivity contribution is 0.608. The molecule has 0 radical (unpaired) electrons.